The fourth-order valence-electron chi connectivity index (χ4n) is 1.61. The van der Waals surface area contributed by atoms with Crippen molar-refractivity contribution in [3.05, 3.63) is 0 Å². The molecule has 0 radical (unpaired) electrons. The van der Waals surface area contributed by atoms with E-state index in [0.717, 1.165) is 0 Å². The maximum atomic E-state index is 11.7. The largest absolute Gasteiger partial charge is 0.380 e. The molecule has 1 aliphatic heterocycles. The van der Waals surface area contributed by atoms with Crippen LogP contribution in [0.15, 0.2) is 0 Å². The summed E-state index contributed by atoms with van der Waals surface area (Å²) >= 11 is 0. The number of methoxy groups -OCH3 is 1. The minimum atomic E-state index is -0.0663. The molecule has 0 aromatic rings. The number of carbonyl (C=O) groups excluding carboxylic acids is 2. The molecule has 5 heteroatoms. The molecule has 0 saturated carbocycles. The summed E-state index contributed by atoms with van der Waals surface area (Å²) in [4.78, 5) is 24.6. The van der Waals surface area contributed by atoms with Crippen molar-refractivity contribution < 1.29 is 14.3 Å². The van der Waals surface area contributed by atoms with Crippen LogP contribution in [0.4, 0.5) is 0 Å². The normalized spacial score (nSPS) is 24.7. The van der Waals surface area contributed by atoms with E-state index in [1.807, 2.05) is 13.8 Å². The summed E-state index contributed by atoms with van der Waals surface area (Å²) in [5.41, 5.74) is 0. The average molecular weight is 214 g/mol. The van der Waals surface area contributed by atoms with Crippen molar-refractivity contribution in [3.63, 3.8) is 0 Å². The second kappa shape index (κ2) is 5.11. The van der Waals surface area contributed by atoms with Gasteiger partial charge in [0.05, 0.1) is 12.6 Å². The first kappa shape index (κ1) is 12.0. The highest BCUT2D eigenvalue weighted by atomic mass is 16.5. The van der Waals surface area contributed by atoms with Crippen molar-refractivity contribution in [1.82, 2.24) is 10.2 Å². The van der Waals surface area contributed by atoms with Gasteiger partial charge >= 0.3 is 0 Å². The van der Waals surface area contributed by atoms with Crippen LogP contribution in [0.2, 0.25) is 0 Å². The van der Waals surface area contributed by atoms with E-state index in [1.165, 1.54) is 0 Å². The van der Waals surface area contributed by atoms with Gasteiger partial charge in [0.15, 0.2) is 0 Å². The van der Waals surface area contributed by atoms with Gasteiger partial charge in [-0.15, -0.1) is 0 Å². The first-order valence-electron chi connectivity index (χ1n) is 5.13. The van der Waals surface area contributed by atoms with E-state index in [-0.39, 0.29) is 30.5 Å². The molecule has 1 saturated heterocycles. The number of nitrogens with zero attached hydrogens (tertiary/aromatic N) is 1. The molecule has 5 nitrogen and oxygen atoms in total. The highest BCUT2D eigenvalue weighted by molar-refractivity contribution is 5.87. The van der Waals surface area contributed by atoms with Crippen LogP contribution < -0.4 is 5.32 Å². The Labute approximate surface area is 89.8 Å². The summed E-state index contributed by atoms with van der Waals surface area (Å²) < 4.78 is 5.12. The lowest BCUT2D eigenvalue weighted by molar-refractivity contribution is -0.133. The number of carbonyl (C=O) groups is 2. The molecule has 2 unspecified atom stereocenters. The van der Waals surface area contributed by atoms with E-state index in [2.05, 4.69) is 5.32 Å². The van der Waals surface area contributed by atoms with Crippen LogP contribution in [0, 0.1) is 0 Å². The zero-order chi connectivity index (χ0) is 11.4. The van der Waals surface area contributed by atoms with E-state index in [4.69, 9.17) is 4.74 Å². The van der Waals surface area contributed by atoms with E-state index in [0.29, 0.717) is 13.0 Å². The highest BCUT2D eigenvalue weighted by Crippen LogP contribution is 2.09. The van der Waals surface area contributed by atoms with Crippen LogP contribution in [0.25, 0.3) is 0 Å². The molecule has 0 spiro atoms. The van der Waals surface area contributed by atoms with Gasteiger partial charge in [-0.3, -0.25) is 9.59 Å². The van der Waals surface area contributed by atoms with E-state index in [9.17, 15) is 9.59 Å². The molecular formula is C10H18N2O3. The maximum Gasteiger partial charge on any atom is 0.242 e. The Morgan fingerprint density at radius 1 is 1.60 bits per heavy atom. The van der Waals surface area contributed by atoms with Gasteiger partial charge in [-0.05, 0) is 13.8 Å². The minimum absolute atomic E-state index is 0.00963. The molecule has 0 aromatic carbocycles. The quantitative estimate of drug-likeness (QED) is 0.705. The van der Waals surface area contributed by atoms with Crippen LogP contribution in [0.3, 0.4) is 0 Å². The standard InChI is InChI=1S/C10H18N2O3/c1-7-4-9(13)11-5-10(14)12(7)6-8(2)15-3/h7-8H,4-6H2,1-3H3,(H,11,13). The lowest BCUT2D eigenvalue weighted by Crippen LogP contribution is -2.43. The number of nitrogens with one attached hydrogen (secondary N) is 1. The Balaban J connectivity index is 2.66. The van der Waals surface area contributed by atoms with Crippen molar-refractivity contribution in [2.45, 2.75) is 32.4 Å². The summed E-state index contributed by atoms with van der Waals surface area (Å²) in [7, 11) is 1.61. The van der Waals surface area contributed by atoms with Gasteiger partial charge in [0.2, 0.25) is 11.8 Å². The van der Waals surface area contributed by atoms with Crippen molar-refractivity contribution in [2.24, 2.45) is 0 Å². The monoisotopic (exact) mass is 214 g/mol. The van der Waals surface area contributed by atoms with E-state index < -0.39 is 0 Å². The minimum Gasteiger partial charge on any atom is -0.380 e. The lowest BCUT2D eigenvalue weighted by Gasteiger charge is -2.28. The van der Waals surface area contributed by atoms with Crippen LogP contribution in [0.1, 0.15) is 20.3 Å². The van der Waals surface area contributed by atoms with Gasteiger partial charge in [0, 0.05) is 26.1 Å². The second-order valence-corrected chi connectivity index (χ2v) is 3.92. The molecule has 1 N–H and O–H groups in total. The number of amides is 2. The molecule has 0 aromatic heterocycles. The predicted octanol–water partition coefficient (Wildman–Crippen LogP) is -0.242. The van der Waals surface area contributed by atoms with Crippen LogP contribution in [-0.4, -0.2) is 49.1 Å². The fourth-order valence-corrected chi connectivity index (χ4v) is 1.61. The summed E-state index contributed by atoms with van der Waals surface area (Å²) in [5, 5.41) is 2.57. The molecule has 0 bridgehead atoms. The van der Waals surface area contributed by atoms with Gasteiger partial charge in [-0.2, -0.15) is 0 Å². The molecular weight excluding hydrogens is 196 g/mol. The van der Waals surface area contributed by atoms with Gasteiger partial charge in [0.25, 0.3) is 0 Å². The molecule has 1 fully saturated rings. The summed E-state index contributed by atoms with van der Waals surface area (Å²) in [6, 6.07) is -0.0578. The average Bonchev–Trinajstić information content (AvgIpc) is 2.31. The SMILES string of the molecule is COC(C)CN1C(=O)CNC(=O)CC1C. The Morgan fingerprint density at radius 2 is 2.27 bits per heavy atom. The van der Waals surface area contributed by atoms with Crippen molar-refractivity contribution in [2.75, 3.05) is 20.2 Å². The van der Waals surface area contributed by atoms with Crippen LogP contribution in [-0.2, 0) is 14.3 Å². The molecule has 1 heterocycles. The molecule has 1 aliphatic rings. The van der Waals surface area contributed by atoms with Gasteiger partial charge < -0.3 is 15.0 Å². The lowest BCUT2D eigenvalue weighted by atomic mass is 10.2. The Bertz CT molecular complexity index is 255. The third-order valence-electron chi connectivity index (χ3n) is 2.63. The van der Waals surface area contributed by atoms with Crippen LogP contribution >= 0.6 is 0 Å². The molecule has 0 aliphatic carbocycles. The molecule has 15 heavy (non-hydrogen) atoms. The first-order chi connectivity index (χ1) is 7.04. The molecule has 1 rings (SSSR count). The topological polar surface area (TPSA) is 58.6 Å². The number of rotatable bonds is 3. The third-order valence-corrected chi connectivity index (χ3v) is 2.63. The summed E-state index contributed by atoms with van der Waals surface area (Å²) in [6.07, 6.45) is 0.354. The van der Waals surface area contributed by atoms with Gasteiger partial charge in [-0.25, -0.2) is 0 Å². The summed E-state index contributed by atoms with van der Waals surface area (Å²) in [5.74, 6) is -0.110. The number of hydrogen-bond donors (Lipinski definition) is 1. The maximum absolute atomic E-state index is 11.7. The van der Waals surface area contributed by atoms with E-state index in [1.54, 1.807) is 12.0 Å². The molecule has 2 atom stereocenters. The Morgan fingerprint density at radius 3 is 2.87 bits per heavy atom. The summed E-state index contributed by atoms with van der Waals surface area (Å²) in [6.45, 7) is 4.41. The molecule has 2 amide bonds. The van der Waals surface area contributed by atoms with Gasteiger partial charge in [0.1, 0.15) is 0 Å². The van der Waals surface area contributed by atoms with Crippen molar-refractivity contribution in [3.8, 4) is 0 Å². The number of hydrogen-bond acceptors (Lipinski definition) is 3. The zero-order valence-corrected chi connectivity index (χ0v) is 9.45. The fraction of sp³-hybridized carbons (Fsp3) is 0.800. The van der Waals surface area contributed by atoms with Crippen LogP contribution in [0.5, 0.6) is 0 Å². The first-order valence-corrected chi connectivity index (χ1v) is 5.13. The predicted molar refractivity (Wildman–Crippen MR) is 55.3 cm³/mol. The Hall–Kier alpha value is -1.10. The van der Waals surface area contributed by atoms with Gasteiger partial charge in [-0.1, -0.05) is 0 Å². The second-order valence-electron chi connectivity index (χ2n) is 3.92. The number of ether oxygens (including phenoxy) is 1. The zero-order valence-electron chi connectivity index (χ0n) is 9.45. The van der Waals surface area contributed by atoms with Crippen molar-refractivity contribution in [1.29, 1.82) is 0 Å². The third kappa shape index (κ3) is 3.20. The van der Waals surface area contributed by atoms with Crippen molar-refractivity contribution >= 4 is 11.8 Å². The van der Waals surface area contributed by atoms with E-state index >= 15 is 0 Å². The Kier molecular flexibility index (Phi) is 4.08. The highest BCUT2D eigenvalue weighted by Gasteiger charge is 2.27. The molecule has 86 valence electrons. The smallest absolute Gasteiger partial charge is 0.242 e.